The third kappa shape index (κ3) is 3.09. The fourth-order valence-corrected chi connectivity index (χ4v) is 2.57. The van der Waals surface area contributed by atoms with E-state index in [2.05, 4.69) is 26.8 Å². The number of benzene rings is 1. The summed E-state index contributed by atoms with van der Waals surface area (Å²) in [6.45, 7) is 9.74. The summed E-state index contributed by atoms with van der Waals surface area (Å²) in [6.07, 6.45) is 3.07. The quantitative estimate of drug-likeness (QED) is 0.711. The minimum atomic E-state index is -0.299. The van der Waals surface area contributed by atoms with Crippen LogP contribution in [0.5, 0.6) is 0 Å². The Morgan fingerprint density at radius 2 is 2.00 bits per heavy atom. The first kappa shape index (κ1) is 14.8. The monoisotopic (exact) mass is 275 g/mol. The molecule has 3 heteroatoms. The fourth-order valence-electron chi connectivity index (χ4n) is 2.57. The first-order valence-electron chi connectivity index (χ1n) is 7.04. The van der Waals surface area contributed by atoms with Crippen LogP contribution in [-0.2, 0) is 0 Å². The van der Waals surface area contributed by atoms with Gasteiger partial charge in [0.15, 0.2) is 0 Å². The van der Waals surface area contributed by atoms with Crippen LogP contribution in [0.4, 0.5) is 4.39 Å². The molecule has 0 unspecified atom stereocenters. The second-order valence-corrected chi connectivity index (χ2v) is 6.44. The molecular formula is C17H22FNO. The molecule has 1 aliphatic heterocycles. The lowest BCUT2D eigenvalue weighted by Crippen LogP contribution is -2.36. The summed E-state index contributed by atoms with van der Waals surface area (Å²) in [5.41, 5.74) is 2.86. The van der Waals surface area contributed by atoms with Gasteiger partial charge < -0.3 is 4.90 Å². The topological polar surface area (TPSA) is 20.3 Å². The molecule has 0 spiro atoms. The van der Waals surface area contributed by atoms with E-state index in [1.807, 2.05) is 4.90 Å². The summed E-state index contributed by atoms with van der Waals surface area (Å²) >= 11 is 0. The molecule has 0 atom stereocenters. The van der Waals surface area contributed by atoms with Crippen LogP contribution in [0.3, 0.4) is 0 Å². The van der Waals surface area contributed by atoms with Gasteiger partial charge in [-0.25, -0.2) is 4.39 Å². The Kier molecular flexibility index (Phi) is 3.98. The molecular weight excluding hydrogens is 253 g/mol. The maximum atomic E-state index is 13.1. The van der Waals surface area contributed by atoms with Crippen molar-refractivity contribution in [2.24, 2.45) is 5.41 Å². The Labute approximate surface area is 120 Å². The first-order valence-corrected chi connectivity index (χ1v) is 7.04. The lowest BCUT2D eigenvalue weighted by Gasteiger charge is -2.32. The van der Waals surface area contributed by atoms with E-state index in [0.717, 1.165) is 13.0 Å². The van der Waals surface area contributed by atoms with E-state index in [9.17, 15) is 9.18 Å². The Bertz CT molecular complexity index is 555. The standard InChI is InChI=1S/C17H22FNO/c1-12-11-14(18)5-6-15(12)16(20)19-9-7-13(8-10-19)17(2,3)4/h5-7,11H,8-10H2,1-4H3. The third-order valence-corrected chi connectivity index (χ3v) is 3.88. The van der Waals surface area contributed by atoms with Crippen molar-refractivity contribution in [3.8, 4) is 0 Å². The zero-order chi connectivity index (χ0) is 14.9. The van der Waals surface area contributed by atoms with E-state index in [1.165, 1.54) is 17.7 Å². The molecule has 2 nitrogen and oxygen atoms in total. The van der Waals surface area contributed by atoms with Gasteiger partial charge in [-0.1, -0.05) is 32.4 Å². The van der Waals surface area contributed by atoms with Gasteiger partial charge >= 0.3 is 0 Å². The van der Waals surface area contributed by atoms with E-state index in [0.29, 0.717) is 17.7 Å². The molecule has 0 aromatic heterocycles. The van der Waals surface area contributed by atoms with Crippen LogP contribution in [0, 0.1) is 18.2 Å². The van der Waals surface area contributed by atoms with Crippen LogP contribution in [0.25, 0.3) is 0 Å². The van der Waals surface area contributed by atoms with Crippen molar-refractivity contribution in [2.45, 2.75) is 34.1 Å². The third-order valence-electron chi connectivity index (χ3n) is 3.88. The molecule has 0 saturated heterocycles. The number of nitrogens with zero attached hydrogens (tertiary/aromatic N) is 1. The minimum absolute atomic E-state index is 0.00768. The Hall–Kier alpha value is -1.64. The summed E-state index contributed by atoms with van der Waals surface area (Å²) in [4.78, 5) is 14.3. The van der Waals surface area contributed by atoms with E-state index in [1.54, 1.807) is 13.0 Å². The Morgan fingerprint density at radius 1 is 1.30 bits per heavy atom. The smallest absolute Gasteiger partial charge is 0.254 e. The molecule has 2 rings (SSSR count). The molecule has 0 aliphatic carbocycles. The van der Waals surface area contributed by atoms with Crippen molar-refractivity contribution < 1.29 is 9.18 Å². The molecule has 0 bridgehead atoms. The molecule has 1 heterocycles. The fraction of sp³-hybridized carbons (Fsp3) is 0.471. The molecule has 0 saturated carbocycles. The van der Waals surface area contributed by atoms with Crippen LogP contribution in [-0.4, -0.2) is 23.9 Å². The summed E-state index contributed by atoms with van der Waals surface area (Å²) in [5.74, 6) is -0.306. The lowest BCUT2D eigenvalue weighted by atomic mass is 9.83. The number of rotatable bonds is 1. The Morgan fingerprint density at radius 3 is 2.50 bits per heavy atom. The van der Waals surface area contributed by atoms with Crippen molar-refractivity contribution >= 4 is 5.91 Å². The average molecular weight is 275 g/mol. The number of amides is 1. The van der Waals surface area contributed by atoms with Crippen LogP contribution < -0.4 is 0 Å². The maximum absolute atomic E-state index is 13.1. The molecule has 20 heavy (non-hydrogen) atoms. The lowest BCUT2D eigenvalue weighted by molar-refractivity contribution is 0.0764. The van der Waals surface area contributed by atoms with Crippen LogP contribution >= 0.6 is 0 Å². The van der Waals surface area contributed by atoms with Gasteiger partial charge in [0.2, 0.25) is 0 Å². The predicted molar refractivity (Wildman–Crippen MR) is 79.2 cm³/mol. The molecule has 0 radical (unpaired) electrons. The maximum Gasteiger partial charge on any atom is 0.254 e. The molecule has 1 aromatic carbocycles. The van der Waals surface area contributed by atoms with Crippen molar-refractivity contribution in [1.29, 1.82) is 0 Å². The number of halogens is 1. The van der Waals surface area contributed by atoms with Gasteiger partial charge in [0.1, 0.15) is 5.82 Å². The van der Waals surface area contributed by atoms with Gasteiger partial charge in [-0.3, -0.25) is 4.79 Å². The minimum Gasteiger partial charge on any atom is -0.335 e. The highest BCUT2D eigenvalue weighted by molar-refractivity contribution is 5.95. The molecule has 1 aromatic rings. The van der Waals surface area contributed by atoms with Crippen molar-refractivity contribution in [3.05, 3.63) is 46.8 Å². The van der Waals surface area contributed by atoms with E-state index < -0.39 is 0 Å². The number of carbonyl (C=O) groups is 1. The second-order valence-electron chi connectivity index (χ2n) is 6.44. The zero-order valence-electron chi connectivity index (χ0n) is 12.7. The van der Waals surface area contributed by atoms with Crippen molar-refractivity contribution in [3.63, 3.8) is 0 Å². The SMILES string of the molecule is Cc1cc(F)ccc1C(=O)N1CC=C(C(C)(C)C)CC1. The highest BCUT2D eigenvalue weighted by atomic mass is 19.1. The summed E-state index contributed by atoms with van der Waals surface area (Å²) < 4.78 is 13.1. The van der Waals surface area contributed by atoms with E-state index in [-0.39, 0.29) is 17.1 Å². The van der Waals surface area contributed by atoms with Crippen LogP contribution in [0.15, 0.2) is 29.8 Å². The van der Waals surface area contributed by atoms with Gasteiger partial charge in [-0.05, 0) is 42.5 Å². The van der Waals surface area contributed by atoms with Gasteiger partial charge in [0.25, 0.3) is 5.91 Å². The number of hydrogen-bond acceptors (Lipinski definition) is 1. The summed E-state index contributed by atoms with van der Waals surface area (Å²) in [6, 6.07) is 4.34. The molecule has 1 aliphatic rings. The summed E-state index contributed by atoms with van der Waals surface area (Å²) in [7, 11) is 0. The highest BCUT2D eigenvalue weighted by Gasteiger charge is 2.24. The average Bonchev–Trinajstić information content (AvgIpc) is 2.37. The molecule has 0 N–H and O–H groups in total. The van der Waals surface area contributed by atoms with Crippen molar-refractivity contribution in [2.75, 3.05) is 13.1 Å². The Balaban J connectivity index is 2.14. The largest absolute Gasteiger partial charge is 0.335 e. The molecule has 108 valence electrons. The van der Waals surface area contributed by atoms with Gasteiger partial charge in [0, 0.05) is 18.7 Å². The number of hydrogen-bond donors (Lipinski definition) is 0. The van der Waals surface area contributed by atoms with E-state index >= 15 is 0 Å². The van der Waals surface area contributed by atoms with E-state index in [4.69, 9.17) is 0 Å². The van der Waals surface area contributed by atoms with Gasteiger partial charge in [-0.15, -0.1) is 0 Å². The van der Waals surface area contributed by atoms with Crippen LogP contribution in [0.2, 0.25) is 0 Å². The highest BCUT2D eigenvalue weighted by Crippen LogP contribution is 2.30. The predicted octanol–water partition coefficient (Wildman–Crippen LogP) is 3.95. The van der Waals surface area contributed by atoms with Gasteiger partial charge in [0.05, 0.1) is 0 Å². The summed E-state index contributed by atoms with van der Waals surface area (Å²) in [5, 5.41) is 0. The number of carbonyl (C=O) groups excluding carboxylic acids is 1. The number of aryl methyl sites for hydroxylation is 1. The van der Waals surface area contributed by atoms with Gasteiger partial charge in [-0.2, -0.15) is 0 Å². The normalized spacial score (nSPS) is 16.1. The molecule has 0 fully saturated rings. The van der Waals surface area contributed by atoms with Crippen LogP contribution in [0.1, 0.15) is 43.1 Å². The second kappa shape index (κ2) is 5.39. The van der Waals surface area contributed by atoms with Crippen molar-refractivity contribution in [1.82, 2.24) is 4.90 Å². The molecule has 1 amide bonds. The zero-order valence-corrected chi connectivity index (χ0v) is 12.7. The first-order chi connectivity index (χ1) is 9.29.